The second-order valence-electron chi connectivity index (χ2n) is 4.42. The van der Waals surface area contributed by atoms with Gasteiger partial charge in [-0.3, -0.25) is 0 Å². The second kappa shape index (κ2) is 4.18. The van der Waals surface area contributed by atoms with Gasteiger partial charge in [-0.2, -0.15) is 0 Å². The Morgan fingerprint density at radius 1 is 1.06 bits per heavy atom. The van der Waals surface area contributed by atoms with Gasteiger partial charge in [0.05, 0.1) is 17.4 Å². The van der Waals surface area contributed by atoms with Crippen molar-refractivity contribution < 1.29 is 4.74 Å². The Hall–Kier alpha value is -2.29. The topological polar surface area (TPSA) is 27.1 Å². The van der Waals surface area contributed by atoms with E-state index in [1.54, 1.807) is 6.33 Å². The molecule has 3 aromatic rings. The summed E-state index contributed by atoms with van der Waals surface area (Å²) in [6, 6.07) is 13.9. The van der Waals surface area contributed by atoms with Gasteiger partial charge >= 0.3 is 0 Å². The molecule has 0 aliphatic rings. The van der Waals surface area contributed by atoms with Crippen molar-refractivity contribution in [2.45, 2.75) is 6.92 Å². The van der Waals surface area contributed by atoms with Crippen LogP contribution >= 0.6 is 0 Å². The molecule has 0 radical (unpaired) electrons. The number of aromatic nitrogens is 2. The molecular weight excluding hydrogens is 224 g/mol. The molecule has 0 bridgehead atoms. The molecule has 0 N–H and O–H groups in total. The molecule has 3 nitrogen and oxygen atoms in total. The van der Waals surface area contributed by atoms with Crippen LogP contribution in [0, 0.1) is 6.92 Å². The van der Waals surface area contributed by atoms with Crippen LogP contribution in [0.1, 0.15) is 5.56 Å². The molecule has 3 heteroatoms. The number of ether oxygens (including phenoxy) is 1. The van der Waals surface area contributed by atoms with Gasteiger partial charge in [0.1, 0.15) is 11.5 Å². The molecule has 0 saturated carbocycles. The number of imidazole rings is 1. The molecule has 0 aliphatic carbocycles. The van der Waals surface area contributed by atoms with Crippen LogP contribution in [0.15, 0.2) is 48.8 Å². The molecule has 2 aromatic carbocycles. The number of aryl methyl sites for hydroxylation is 2. The summed E-state index contributed by atoms with van der Waals surface area (Å²) in [6.45, 7) is 2.05. The zero-order valence-electron chi connectivity index (χ0n) is 10.4. The molecule has 1 heterocycles. The minimum absolute atomic E-state index is 0.830. The van der Waals surface area contributed by atoms with E-state index < -0.39 is 0 Å². The number of hydrogen-bond acceptors (Lipinski definition) is 2. The van der Waals surface area contributed by atoms with Gasteiger partial charge in [0.15, 0.2) is 0 Å². The lowest BCUT2D eigenvalue weighted by Gasteiger charge is -2.06. The van der Waals surface area contributed by atoms with E-state index in [1.165, 1.54) is 5.56 Å². The van der Waals surface area contributed by atoms with Gasteiger partial charge in [0.25, 0.3) is 0 Å². The summed E-state index contributed by atoms with van der Waals surface area (Å²) < 4.78 is 7.84. The van der Waals surface area contributed by atoms with Gasteiger partial charge in [0, 0.05) is 13.1 Å². The van der Waals surface area contributed by atoms with Gasteiger partial charge in [-0.15, -0.1) is 0 Å². The summed E-state index contributed by atoms with van der Waals surface area (Å²) in [5.41, 5.74) is 3.24. The molecule has 0 atom stereocenters. The van der Waals surface area contributed by atoms with E-state index in [9.17, 15) is 0 Å². The van der Waals surface area contributed by atoms with Crippen LogP contribution < -0.4 is 4.74 Å². The molecule has 0 aliphatic heterocycles. The summed E-state index contributed by atoms with van der Waals surface area (Å²) in [5.74, 6) is 1.69. The Balaban J connectivity index is 1.97. The number of hydrogen-bond donors (Lipinski definition) is 0. The van der Waals surface area contributed by atoms with E-state index in [2.05, 4.69) is 18.0 Å². The molecule has 3 rings (SSSR count). The zero-order valence-corrected chi connectivity index (χ0v) is 10.4. The molecule has 0 unspecified atom stereocenters. The highest BCUT2D eigenvalue weighted by atomic mass is 16.5. The van der Waals surface area contributed by atoms with Crippen LogP contribution in [-0.2, 0) is 7.05 Å². The van der Waals surface area contributed by atoms with Crippen molar-refractivity contribution >= 4 is 11.0 Å². The molecular formula is C15H14N2O. The van der Waals surface area contributed by atoms with E-state index in [4.69, 9.17) is 4.74 Å². The molecule has 0 amide bonds. The number of rotatable bonds is 2. The third kappa shape index (κ3) is 1.95. The van der Waals surface area contributed by atoms with Crippen molar-refractivity contribution in [2.75, 3.05) is 0 Å². The van der Waals surface area contributed by atoms with Crippen molar-refractivity contribution in [2.24, 2.45) is 7.05 Å². The van der Waals surface area contributed by atoms with Crippen molar-refractivity contribution in [1.82, 2.24) is 9.55 Å². The first-order valence-electron chi connectivity index (χ1n) is 5.88. The highest BCUT2D eigenvalue weighted by Crippen LogP contribution is 2.25. The molecule has 1 aromatic heterocycles. The van der Waals surface area contributed by atoms with Crippen LogP contribution in [0.2, 0.25) is 0 Å². The molecule has 0 fully saturated rings. The Labute approximate surface area is 106 Å². The predicted octanol–water partition coefficient (Wildman–Crippen LogP) is 3.67. The van der Waals surface area contributed by atoms with E-state index in [1.807, 2.05) is 48.0 Å². The average molecular weight is 238 g/mol. The van der Waals surface area contributed by atoms with Gasteiger partial charge < -0.3 is 9.30 Å². The van der Waals surface area contributed by atoms with E-state index in [0.29, 0.717) is 0 Å². The third-order valence-electron chi connectivity index (χ3n) is 2.92. The predicted molar refractivity (Wildman–Crippen MR) is 72.0 cm³/mol. The standard InChI is InChI=1S/C15H14N2O/c1-11-4-3-5-12(8-11)18-13-6-7-14-15(9-13)17(2)10-16-14/h3-10H,1-2H3. The van der Waals surface area contributed by atoms with Crippen LogP contribution in [0.5, 0.6) is 11.5 Å². The first-order valence-corrected chi connectivity index (χ1v) is 5.88. The Morgan fingerprint density at radius 2 is 1.89 bits per heavy atom. The number of benzene rings is 2. The lowest BCUT2D eigenvalue weighted by atomic mass is 10.2. The first kappa shape index (κ1) is 10.8. The lowest BCUT2D eigenvalue weighted by molar-refractivity contribution is 0.483. The quantitative estimate of drug-likeness (QED) is 0.681. The molecule has 0 saturated heterocycles. The fourth-order valence-corrected chi connectivity index (χ4v) is 1.98. The van der Waals surface area contributed by atoms with E-state index in [-0.39, 0.29) is 0 Å². The third-order valence-corrected chi connectivity index (χ3v) is 2.92. The number of nitrogens with zero attached hydrogens (tertiary/aromatic N) is 2. The van der Waals surface area contributed by atoms with E-state index >= 15 is 0 Å². The van der Waals surface area contributed by atoms with Crippen molar-refractivity contribution in [3.63, 3.8) is 0 Å². The fourth-order valence-electron chi connectivity index (χ4n) is 1.98. The SMILES string of the molecule is Cc1cccc(Oc2ccc3ncn(C)c3c2)c1. The summed E-state index contributed by atoms with van der Waals surface area (Å²) in [6.07, 6.45) is 1.81. The van der Waals surface area contributed by atoms with Crippen molar-refractivity contribution in [3.8, 4) is 11.5 Å². The lowest BCUT2D eigenvalue weighted by Crippen LogP contribution is -1.87. The van der Waals surface area contributed by atoms with Gasteiger partial charge in [-0.1, -0.05) is 12.1 Å². The normalized spacial score (nSPS) is 10.8. The molecule has 90 valence electrons. The van der Waals surface area contributed by atoms with Gasteiger partial charge in [0.2, 0.25) is 0 Å². The van der Waals surface area contributed by atoms with Crippen molar-refractivity contribution in [3.05, 3.63) is 54.4 Å². The Morgan fingerprint density at radius 3 is 2.72 bits per heavy atom. The minimum Gasteiger partial charge on any atom is -0.457 e. The van der Waals surface area contributed by atoms with Crippen LogP contribution in [0.25, 0.3) is 11.0 Å². The maximum atomic E-state index is 5.85. The maximum Gasteiger partial charge on any atom is 0.129 e. The van der Waals surface area contributed by atoms with Gasteiger partial charge in [-0.05, 0) is 36.8 Å². The molecule has 18 heavy (non-hydrogen) atoms. The monoisotopic (exact) mass is 238 g/mol. The van der Waals surface area contributed by atoms with E-state index in [0.717, 1.165) is 22.5 Å². The highest BCUT2D eigenvalue weighted by Gasteiger charge is 2.03. The van der Waals surface area contributed by atoms with Crippen LogP contribution in [-0.4, -0.2) is 9.55 Å². The smallest absolute Gasteiger partial charge is 0.129 e. The van der Waals surface area contributed by atoms with Gasteiger partial charge in [-0.25, -0.2) is 4.98 Å². The average Bonchev–Trinajstić information content (AvgIpc) is 2.71. The zero-order chi connectivity index (χ0) is 12.5. The van der Waals surface area contributed by atoms with Crippen LogP contribution in [0.4, 0.5) is 0 Å². The summed E-state index contributed by atoms with van der Waals surface area (Å²) in [4.78, 5) is 4.29. The fraction of sp³-hybridized carbons (Fsp3) is 0.133. The number of fused-ring (bicyclic) bond motifs is 1. The summed E-state index contributed by atoms with van der Waals surface area (Å²) in [7, 11) is 1.98. The molecule has 0 spiro atoms. The maximum absolute atomic E-state index is 5.85. The van der Waals surface area contributed by atoms with Crippen molar-refractivity contribution in [1.29, 1.82) is 0 Å². The summed E-state index contributed by atoms with van der Waals surface area (Å²) in [5, 5.41) is 0. The highest BCUT2D eigenvalue weighted by molar-refractivity contribution is 5.77. The Kier molecular flexibility index (Phi) is 2.52. The first-order chi connectivity index (χ1) is 8.72. The minimum atomic E-state index is 0.830. The van der Waals surface area contributed by atoms with Crippen LogP contribution in [0.3, 0.4) is 0 Å². The largest absolute Gasteiger partial charge is 0.457 e. The second-order valence-corrected chi connectivity index (χ2v) is 4.42. The summed E-state index contributed by atoms with van der Waals surface area (Å²) >= 11 is 0. The Bertz CT molecular complexity index is 701.